The molecule has 0 aromatic heterocycles. The fraction of sp³-hybridized carbons (Fsp3) is 0.900. The summed E-state index contributed by atoms with van der Waals surface area (Å²) in [4.78, 5) is 12.3. The van der Waals surface area contributed by atoms with Crippen molar-refractivity contribution in [2.24, 2.45) is 5.92 Å². The van der Waals surface area contributed by atoms with Crippen LogP contribution in [-0.4, -0.2) is 25.9 Å². The average molecular weight is 471 g/mol. The van der Waals surface area contributed by atoms with Gasteiger partial charge in [-0.05, 0) is 31.6 Å². The first-order valence-corrected chi connectivity index (χ1v) is 15.1. The van der Waals surface area contributed by atoms with Gasteiger partial charge in [0.1, 0.15) is 13.9 Å². The maximum Gasteiger partial charge on any atom is 0.250 e. The average Bonchev–Trinajstić information content (AvgIpc) is 2.75. The summed E-state index contributed by atoms with van der Waals surface area (Å²) in [5.41, 5.74) is 0.879. The minimum Gasteiger partial charge on any atom is -0.368 e. The molecule has 0 spiro atoms. The molecule has 0 saturated heterocycles. The van der Waals surface area contributed by atoms with Crippen LogP contribution in [0, 0.1) is 5.92 Å². The summed E-state index contributed by atoms with van der Waals surface area (Å²) in [7, 11) is 2.78. The molecule has 4 heteroatoms. The van der Waals surface area contributed by atoms with Crippen molar-refractivity contribution >= 4 is 13.2 Å². The van der Waals surface area contributed by atoms with Gasteiger partial charge in [-0.1, -0.05) is 134 Å². The zero-order chi connectivity index (χ0) is 23.8. The number of amides is 1. The van der Waals surface area contributed by atoms with E-state index >= 15 is 0 Å². The third-order valence-corrected chi connectivity index (χ3v) is 8.74. The third-order valence-electron chi connectivity index (χ3n) is 8.74. The van der Waals surface area contributed by atoms with Crippen LogP contribution in [0.2, 0.25) is 11.6 Å². The van der Waals surface area contributed by atoms with Crippen molar-refractivity contribution in [3.8, 4) is 0 Å². The number of ether oxygens (including phenoxy) is 1. The Morgan fingerprint density at radius 1 is 0.706 bits per heavy atom. The van der Waals surface area contributed by atoms with Gasteiger partial charge in [0.2, 0.25) is 5.91 Å². The second-order valence-electron chi connectivity index (χ2n) is 11.8. The summed E-state index contributed by atoms with van der Waals surface area (Å²) in [6, 6.07) is 0. The predicted octanol–water partition coefficient (Wildman–Crippen LogP) is 8.52. The van der Waals surface area contributed by atoms with Gasteiger partial charge in [-0.2, -0.15) is 0 Å². The zero-order valence-electron chi connectivity index (χ0n) is 22.2. The van der Waals surface area contributed by atoms with E-state index in [1.807, 2.05) is 0 Å². The van der Waals surface area contributed by atoms with E-state index in [1.165, 1.54) is 122 Å². The number of carbonyl (C=O) groups excluding carboxylic acids is 1. The van der Waals surface area contributed by atoms with E-state index in [0.717, 1.165) is 42.5 Å². The minimum atomic E-state index is -0.0164. The largest absolute Gasteiger partial charge is 0.368 e. The van der Waals surface area contributed by atoms with E-state index in [4.69, 9.17) is 4.74 Å². The van der Waals surface area contributed by atoms with Gasteiger partial charge in [0.15, 0.2) is 0 Å². The van der Waals surface area contributed by atoms with Crippen LogP contribution in [0.1, 0.15) is 141 Å². The lowest BCUT2D eigenvalue weighted by atomic mass is 9.49. The third kappa shape index (κ3) is 11.8. The van der Waals surface area contributed by atoms with Crippen molar-refractivity contribution in [1.29, 1.82) is 0 Å². The molecule has 0 aliphatic heterocycles. The molecular weight excluding hydrogens is 417 g/mol. The SMILES string of the molecule is C=C(CCC1CCCC([B]C2CCCCCCC2)CCC1)NC(=O)COC1CCCCCCC1. The summed E-state index contributed by atoms with van der Waals surface area (Å²) in [5, 5.41) is 3.01. The molecule has 3 aliphatic carbocycles. The van der Waals surface area contributed by atoms with Crippen LogP contribution in [0.25, 0.3) is 0 Å². The second-order valence-corrected chi connectivity index (χ2v) is 11.8. The van der Waals surface area contributed by atoms with Gasteiger partial charge in [-0.15, -0.1) is 0 Å². The standard InChI is InChI=1S/C30H53BNO2/c1-25(32-30(33)24-34-29-20-10-6-3-7-11-21-29)22-23-26-14-12-18-28(19-13-15-26)31-27-16-8-4-2-5-9-17-27/h26-29H,1-24H2,(H,32,33). The molecular formula is C30H53BNO2. The number of allylic oxidation sites excluding steroid dienone is 1. The molecule has 3 nitrogen and oxygen atoms in total. The first-order valence-electron chi connectivity index (χ1n) is 15.1. The highest BCUT2D eigenvalue weighted by molar-refractivity contribution is 6.39. The maximum absolute atomic E-state index is 12.3. The molecule has 1 N–H and O–H groups in total. The smallest absolute Gasteiger partial charge is 0.250 e. The highest BCUT2D eigenvalue weighted by Crippen LogP contribution is 2.36. The Morgan fingerprint density at radius 2 is 1.21 bits per heavy atom. The number of hydrogen-bond acceptors (Lipinski definition) is 2. The fourth-order valence-electron chi connectivity index (χ4n) is 6.63. The maximum atomic E-state index is 12.3. The van der Waals surface area contributed by atoms with E-state index in [2.05, 4.69) is 19.2 Å². The molecule has 0 aromatic carbocycles. The van der Waals surface area contributed by atoms with Gasteiger partial charge in [0, 0.05) is 5.70 Å². The van der Waals surface area contributed by atoms with Gasteiger partial charge in [-0.3, -0.25) is 4.79 Å². The van der Waals surface area contributed by atoms with Crippen LogP contribution >= 0.6 is 0 Å². The molecule has 0 bridgehead atoms. The van der Waals surface area contributed by atoms with Crippen LogP contribution in [0.15, 0.2) is 12.3 Å². The van der Waals surface area contributed by atoms with Crippen molar-refractivity contribution in [3.05, 3.63) is 12.3 Å². The van der Waals surface area contributed by atoms with Crippen molar-refractivity contribution in [2.45, 2.75) is 159 Å². The van der Waals surface area contributed by atoms with Gasteiger partial charge >= 0.3 is 0 Å². The number of hydrogen-bond donors (Lipinski definition) is 1. The van der Waals surface area contributed by atoms with Crippen LogP contribution < -0.4 is 5.32 Å². The van der Waals surface area contributed by atoms with E-state index < -0.39 is 0 Å². The van der Waals surface area contributed by atoms with Crippen molar-refractivity contribution in [1.82, 2.24) is 5.32 Å². The monoisotopic (exact) mass is 470 g/mol. The van der Waals surface area contributed by atoms with Gasteiger partial charge < -0.3 is 10.1 Å². The first-order chi connectivity index (χ1) is 16.7. The Hall–Kier alpha value is -0.765. The van der Waals surface area contributed by atoms with Gasteiger partial charge in [0.25, 0.3) is 0 Å². The van der Waals surface area contributed by atoms with Crippen LogP contribution in [0.4, 0.5) is 0 Å². The molecule has 0 unspecified atom stereocenters. The summed E-state index contributed by atoms with van der Waals surface area (Å²) < 4.78 is 5.93. The lowest BCUT2D eigenvalue weighted by molar-refractivity contribution is -0.127. The van der Waals surface area contributed by atoms with Crippen molar-refractivity contribution < 1.29 is 9.53 Å². The molecule has 0 heterocycles. The number of rotatable bonds is 9. The highest BCUT2D eigenvalue weighted by Gasteiger charge is 2.22. The van der Waals surface area contributed by atoms with Crippen LogP contribution in [0.5, 0.6) is 0 Å². The first kappa shape index (κ1) is 27.8. The quantitative estimate of drug-likeness (QED) is 0.343. The molecule has 1 amide bonds. The van der Waals surface area contributed by atoms with E-state index in [-0.39, 0.29) is 18.6 Å². The zero-order valence-corrected chi connectivity index (χ0v) is 22.2. The lowest BCUT2D eigenvalue weighted by Gasteiger charge is -2.28. The lowest BCUT2D eigenvalue weighted by Crippen LogP contribution is -2.29. The molecule has 0 aromatic rings. The molecule has 3 rings (SSSR count). The fourth-order valence-corrected chi connectivity index (χ4v) is 6.63. The van der Waals surface area contributed by atoms with Crippen LogP contribution in [0.3, 0.4) is 0 Å². The Labute approximate surface area is 211 Å². The summed E-state index contributed by atoms with van der Waals surface area (Å²) in [5.74, 6) is 2.53. The van der Waals surface area contributed by atoms with E-state index in [9.17, 15) is 4.79 Å². The molecule has 1 radical (unpaired) electrons. The van der Waals surface area contributed by atoms with Crippen molar-refractivity contribution in [2.75, 3.05) is 6.61 Å². The Kier molecular flexibility index (Phi) is 13.8. The van der Waals surface area contributed by atoms with Gasteiger partial charge in [0.05, 0.1) is 6.10 Å². The molecule has 3 aliphatic rings. The van der Waals surface area contributed by atoms with Crippen molar-refractivity contribution in [3.63, 3.8) is 0 Å². The summed E-state index contributed by atoms with van der Waals surface area (Å²) in [6.45, 7) is 4.33. The summed E-state index contributed by atoms with van der Waals surface area (Å²) in [6.07, 6.45) is 29.4. The Balaban J connectivity index is 1.26. The molecule has 193 valence electrons. The topological polar surface area (TPSA) is 38.3 Å². The van der Waals surface area contributed by atoms with E-state index in [1.54, 1.807) is 0 Å². The normalized spacial score (nSPS) is 26.7. The molecule has 3 fully saturated rings. The predicted molar refractivity (Wildman–Crippen MR) is 145 cm³/mol. The second kappa shape index (κ2) is 16.8. The Bertz CT molecular complexity index is 554. The molecule has 0 atom stereocenters. The molecule has 34 heavy (non-hydrogen) atoms. The summed E-state index contributed by atoms with van der Waals surface area (Å²) >= 11 is 0. The number of nitrogens with one attached hydrogen (secondary N) is 1. The number of carbonyl (C=O) groups is 1. The van der Waals surface area contributed by atoms with Gasteiger partial charge in [-0.25, -0.2) is 0 Å². The minimum absolute atomic E-state index is 0.0164. The Morgan fingerprint density at radius 3 is 1.79 bits per heavy atom. The van der Waals surface area contributed by atoms with Crippen LogP contribution in [-0.2, 0) is 9.53 Å². The molecule has 3 saturated carbocycles. The van der Waals surface area contributed by atoms with E-state index in [0.29, 0.717) is 0 Å². The highest BCUT2D eigenvalue weighted by atomic mass is 16.5.